The SMILES string of the molecule is CCCSC1=NN2C(=c3ccccc3=N[C@H]2c2ccccc2C)C(=O)N1. The lowest BCUT2D eigenvalue weighted by atomic mass is 10.0. The van der Waals surface area contributed by atoms with Crippen molar-refractivity contribution in [2.24, 2.45) is 10.1 Å². The van der Waals surface area contributed by atoms with Crippen molar-refractivity contribution < 1.29 is 4.79 Å². The first-order chi connectivity index (χ1) is 12.7. The summed E-state index contributed by atoms with van der Waals surface area (Å²) in [6.45, 7) is 4.17. The summed E-state index contributed by atoms with van der Waals surface area (Å²) in [5.74, 6) is 0.782. The topological polar surface area (TPSA) is 57.1 Å². The van der Waals surface area contributed by atoms with Crippen LogP contribution in [0, 0.1) is 6.92 Å². The number of fused-ring (bicyclic) bond motifs is 2. The third-order valence-electron chi connectivity index (χ3n) is 4.42. The number of amides is 1. The quantitative estimate of drug-likeness (QED) is 0.909. The molecule has 2 aromatic carbocycles. The largest absolute Gasteiger partial charge is 0.298 e. The molecule has 0 fully saturated rings. The van der Waals surface area contributed by atoms with Crippen LogP contribution in [0.25, 0.3) is 5.70 Å². The number of nitrogens with zero attached hydrogens (tertiary/aromatic N) is 3. The second-order valence-electron chi connectivity index (χ2n) is 6.28. The molecule has 0 radical (unpaired) electrons. The average Bonchev–Trinajstić information content (AvgIpc) is 2.66. The number of rotatable bonds is 3. The monoisotopic (exact) mass is 364 g/mol. The molecule has 0 aliphatic carbocycles. The summed E-state index contributed by atoms with van der Waals surface area (Å²) in [7, 11) is 0. The summed E-state index contributed by atoms with van der Waals surface area (Å²) < 4.78 is 0. The highest BCUT2D eigenvalue weighted by Crippen LogP contribution is 2.32. The van der Waals surface area contributed by atoms with Crippen LogP contribution in [0.4, 0.5) is 0 Å². The Morgan fingerprint density at radius 3 is 2.73 bits per heavy atom. The molecule has 0 unspecified atom stereocenters. The lowest BCUT2D eigenvalue weighted by Gasteiger charge is -2.34. The molecule has 2 aliphatic rings. The van der Waals surface area contributed by atoms with Crippen molar-refractivity contribution >= 4 is 28.5 Å². The van der Waals surface area contributed by atoms with Crippen molar-refractivity contribution in [2.75, 3.05) is 5.75 Å². The summed E-state index contributed by atoms with van der Waals surface area (Å²) in [6, 6.07) is 15.9. The van der Waals surface area contributed by atoms with E-state index in [1.807, 2.05) is 36.4 Å². The fraction of sp³-hybridized carbons (Fsp3) is 0.250. The maximum atomic E-state index is 12.9. The number of carbonyl (C=O) groups excluding carboxylic acids is 1. The third kappa shape index (κ3) is 2.90. The predicted molar refractivity (Wildman–Crippen MR) is 105 cm³/mol. The van der Waals surface area contributed by atoms with E-state index in [4.69, 9.17) is 10.1 Å². The summed E-state index contributed by atoms with van der Waals surface area (Å²) >= 11 is 1.56. The number of carbonyl (C=O) groups is 1. The maximum Gasteiger partial charge on any atom is 0.276 e. The first-order valence-corrected chi connectivity index (χ1v) is 9.72. The number of benzene rings is 2. The van der Waals surface area contributed by atoms with Crippen molar-refractivity contribution in [1.29, 1.82) is 0 Å². The van der Waals surface area contributed by atoms with Crippen LogP contribution in [-0.4, -0.2) is 21.8 Å². The molecular formula is C20H20N4OS. The predicted octanol–water partition coefficient (Wildman–Crippen LogP) is 2.28. The highest BCUT2D eigenvalue weighted by atomic mass is 32.2. The Bertz CT molecular complexity index is 1010. The van der Waals surface area contributed by atoms with E-state index in [0.717, 1.165) is 33.9 Å². The van der Waals surface area contributed by atoms with Gasteiger partial charge in [-0.05, 0) is 25.0 Å². The van der Waals surface area contributed by atoms with Gasteiger partial charge in [-0.1, -0.05) is 61.2 Å². The molecule has 0 spiro atoms. The van der Waals surface area contributed by atoms with Gasteiger partial charge in [0.2, 0.25) is 0 Å². The molecule has 0 bridgehead atoms. The molecule has 1 atom stereocenters. The fourth-order valence-corrected chi connectivity index (χ4v) is 3.88. The van der Waals surface area contributed by atoms with Gasteiger partial charge in [0, 0.05) is 16.5 Å². The van der Waals surface area contributed by atoms with Crippen LogP contribution in [0.2, 0.25) is 0 Å². The molecule has 4 rings (SSSR count). The van der Waals surface area contributed by atoms with Crippen LogP contribution >= 0.6 is 11.8 Å². The lowest BCUT2D eigenvalue weighted by molar-refractivity contribution is -0.116. The fourth-order valence-electron chi connectivity index (χ4n) is 3.17. The van der Waals surface area contributed by atoms with E-state index >= 15 is 0 Å². The Morgan fingerprint density at radius 2 is 1.92 bits per heavy atom. The lowest BCUT2D eigenvalue weighted by Crippen LogP contribution is -2.50. The van der Waals surface area contributed by atoms with E-state index in [1.54, 1.807) is 16.8 Å². The van der Waals surface area contributed by atoms with Gasteiger partial charge >= 0.3 is 0 Å². The molecule has 1 N–H and O–H groups in total. The molecule has 1 amide bonds. The van der Waals surface area contributed by atoms with Crippen LogP contribution in [0.5, 0.6) is 0 Å². The summed E-state index contributed by atoms with van der Waals surface area (Å²) in [5.41, 5.74) is 2.74. The third-order valence-corrected chi connectivity index (χ3v) is 5.49. The van der Waals surface area contributed by atoms with E-state index in [9.17, 15) is 4.79 Å². The van der Waals surface area contributed by atoms with Crippen molar-refractivity contribution in [3.63, 3.8) is 0 Å². The molecule has 0 aromatic heterocycles. The Balaban J connectivity index is 1.92. The molecule has 6 heteroatoms. The van der Waals surface area contributed by atoms with Crippen LogP contribution in [0.1, 0.15) is 30.6 Å². The number of hydrazone groups is 1. The second kappa shape index (κ2) is 6.96. The van der Waals surface area contributed by atoms with Crippen molar-refractivity contribution in [1.82, 2.24) is 10.3 Å². The number of hydrogen-bond acceptors (Lipinski definition) is 5. The van der Waals surface area contributed by atoms with Gasteiger partial charge < -0.3 is 0 Å². The number of hydrogen-bond donors (Lipinski definition) is 1. The Labute approximate surface area is 156 Å². The van der Waals surface area contributed by atoms with Crippen LogP contribution in [-0.2, 0) is 4.79 Å². The Morgan fingerprint density at radius 1 is 1.15 bits per heavy atom. The number of amidine groups is 1. The highest BCUT2D eigenvalue weighted by molar-refractivity contribution is 8.13. The summed E-state index contributed by atoms with van der Waals surface area (Å²) in [6.07, 6.45) is 0.675. The van der Waals surface area contributed by atoms with Crippen molar-refractivity contribution in [3.8, 4) is 0 Å². The molecule has 5 nitrogen and oxygen atoms in total. The van der Waals surface area contributed by atoms with E-state index in [-0.39, 0.29) is 12.1 Å². The number of aryl methyl sites for hydroxylation is 1. The van der Waals surface area contributed by atoms with E-state index < -0.39 is 0 Å². The molecule has 2 aliphatic heterocycles. The van der Waals surface area contributed by atoms with Gasteiger partial charge in [0.15, 0.2) is 11.3 Å². The summed E-state index contributed by atoms with van der Waals surface area (Å²) in [4.78, 5) is 17.8. The van der Waals surface area contributed by atoms with Gasteiger partial charge in [-0.2, -0.15) is 0 Å². The van der Waals surface area contributed by atoms with Crippen LogP contribution in [0.15, 0.2) is 58.6 Å². The molecule has 2 aromatic rings. The molecular weight excluding hydrogens is 344 g/mol. The number of para-hydroxylation sites is 1. The number of nitrogens with one attached hydrogen (secondary N) is 1. The van der Waals surface area contributed by atoms with E-state index in [0.29, 0.717) is 10.9 Å². The summed E-state index contributed by atoms with van der Waals surface area (Å²) in [5, 5.41) is 11.7. The Hall–Kier alpha value is -2.60. The minimum atomic E-state index is -0.343. The van der Waals surface area contributed by atoms with Crippen molar-refractivity contribution in [2.45, 2.75) is 26.4 Å². The smallest absolute Gasteiger partial charge is 0.276 e. The average molecular weight is 364 g/mol. The standard InChI is InChI=1S/C20H20N4OS/c1-3-12-26-20-22-19(25)17-15-10-6-7-11-16(15)21-18(24(17)23-20)14-9-5-4-8-13(14)2/h4-11,18H,3,12H2,1-2H3,(H,22,23,25)/t18-/m1/s1. The zero-order chi connectivity index (χ0) is 18.1. The molecule has 0 saturated heterocycles. The number of thioether (sulfide) groups is 1. The van der Waals surface area contributed by atoms with Gasteiger partial charge in [0.05, 0.1) is 5.36 Å². The highest BCUT2D eigenvalue weighted by Gasteiger charge is 2.34. The van der Waals surface area contributed by atoms with Gasteiger partial charge in [-0.25, -0.2) is 5.01 Å². The molecule has 0 saturated carbocycles. The van der Waals surface area contributed by atoms with Gasteiger partial charge in [0.25, 0.3) is 5.91 Å². The zero-order valence-electron chi connectivity index (χ0n) is 14.8. The van der Waals surface area contributed by atoms with Crippen molar-refractivity contribution in [3.05, 3.63) is 70.2 Å². The van der Waals surface area contributed by atoms with E-state index in [1.165, 1.54) is 0 Å². The van der Waals surface area contributed by atoms with Gasteiger partial charge in [-0.3, -0.25) is 15.1 Å². The Kier molecular flexibility index (Phi) is 4.51. The van der Waals surface area contributed by atoms with E-state index in [2.05, 4.69) is 31.3 Å². The molecule has 26 heavy (non-hydrogen) atoms. The second-order valence-corrected chi connectivity index (χ2v) is 7.36. The maximum absolute atomic E-state index is 12.9. The normalized spacial score (nSPS) is 18.5. The minimum Gasteiger partial charge on any atom is -0.298 e. The van der Waals surface area contributed by atoms with Gasteiger partial charge in [0.1, 0.15) is 5.70 Å². The first-order valence-electron chi connectivity index (χ1n) is 8.73. The molecule has 2 heterocycles. The van der Waals surface area contributed by atoms with Crippen LogP contribution < -0.4 is 15.9 Å². The molecule has 132 valence electrons. The van der Waals surface area contributed by atoms with Gasteiger partial charge in [-0.15, -0.1) is 5.10 Å². The first kappa shape index (κ1) is 16.8. The van der Waals surface area contributed by atoms with Crippen LogP contribution in [0.3, 0.4) is 0 Å². The minimum absolute atomic E-state index is 0.125. The zero-order valence-corrected chi connectivity index (χ0v) is 15.6.